The molecule has 106 valence electrons. The molecular formula is C17H21FN2. The molecule has 0 aliphatic rings. The lowest BCUT2D eigenvalue weighted by atomic mass is 10.1. The van der Waals surface area contributed by atoms with Gasteiger partial charge >= 0.3 is 0 Å². The molecule has 0 aliphatic carbocycles. The Hall–Kier alpha value is -2.03. The number of rotatable bonds is 5. The van der Waals surface area contributed by atoms with Gasteiger partial charge in [0.05, 0.1) is 11.4 Å². The first-order valence-electron chi connectivity index (χ1n) is 6.95. The summed E-state index contributed by atoms with van der Waals surface area (Å²) in [5.41, 5.74) is 8.39. The van der Waals surface area contributed by atoms with Gasteiger partial charge in [-0.15, -0.1) is 0 Å². The summed E-state index contributed by atoms with van der Waals surface area (Å²) in [4.78, 5) is 2.08. The van der Waals surface area contributed by atoms with Gasteiger partial charge in [0.25, 0.3) is 0 Å². The number of anilines is 3. The van der Waals surface area contributed by atoms with Gasteiger partial charge in [0.2, 0.25) is 0 Å². The van der Waals surface area contributed by atoms with Gasteiger partial charge in [0, 0.05) is 12.2 Å². The van der Waals surface area contributed by atoms with E-state index in [1.807, 2.05) is 30.3 Å². The average Bonchev–Trinajstić information content (AvgIpc) is 2.43. The molecule has 0 spiro atoms. The fourth-order valence-electron chi connectivity index (χ4n) is 2.13. The molecule has 0 saturated carbocycles. The van der Waals surface area contributed by atoms with Crippen LogP contribution in [0.15, 0.2) is 48.5 Å². The third-order valence-electron chi connectivity index (χ3n) is 3.28. The number of nitrogens with zero attached hydrogens (tertiary/aromatic N) is 1. The topological polar surface area (TPSA) is 29.3 Å². The van der Waals surface area contributed by atoms with E-state index in [9.17, 15) is 4.39 Å². The van der Waals surface area contributed by atoms with Gasteiger partial charge in [-0.05, 0) is 42.7 Å². The van der Waals surface area contributed by atoms with Crippen LogP contribution in [0, 0.1) is 11.7 Å². The first-order valence-corrected chi connectivity index (χ1v) is 6.95. The van der Waals surface area contributed by atoms with Crippen LogP contribution in [-0.2, 0) is 0 Å². The molecule has 2 rings (SSSR count). The highest BCUT2D eigenvalue weighted by Crippen LogP contribution is 2.31. The number of hydrogen-bond donors (Lipinski definition) is 1. The zero-order valence-electron chi connectivity index (χ0n) is 12.0. The van der Waals surface area contributed by atoms with E-state index in [1.165, 1.54) is 12.1 Å². The highest BCUT2D eigenvalue weighted by molar-refractivity contribution is 5.74. The summed E-state index contributed by atoms with van der Waals surface area (Å²) < 4.78 is 13.5. The van der Waals surface area contributed by atoms with Crippen molar-refractivity contribution >= 4 is 17.1 Å². The Bertz CT molecular complexity index is 552. The van der Waals surface area contributed by atoms with Gasteiger partial charge in [-0.2, -0.15) is 0 Å². The first kappa shape index (κ1) is 14.4. The summed E-state index contributed by atoms with van der Waals surface area (Å²) >= 11 is 0. The Morgan fingerprint density at radius 1 is 1.10 bits per heavy atom. The van der Waals surface area contributed by atoms with Gasteiger partial charge in [-0.3, -0.25) is 0 Å². The van der Waals surface area contributed by atoms with E-state index >= 15 is 0 Å². The molecule has 2 N–H and O–H groups in total. The summed E-state index contributed by atoms with van der Waals surface area (Å²) in [7, 11) is 0. The predicted octanol–water partition coefficient (Wildman–Crippen LogP) is 4.59. The van der Waals surface area contributed by atoms with Crippen LogP contribution in [0.4, 0.5) is 21.5 Å². The molecule has 0 aliphatic heterocycles. The van der Waals surface area contributed by atoms with Crippen molar-refractivity contribution in [2.75, 3.05) is 17.2 Å². The third-order valence-corrected chi connectivity index (χ3v) is 3.28. The maximum Gasteiger partial charge on any atom is 0.125 e. The Labute approximate surface area is 120 Å². The van der Waals surface area contributed by atoms with Crippen LogP contribution < -0.4 is 10.6 Å². The molecule has 0 heterocycles. The van der Waals surface area contributed by atoms with E-state index in [2.05, 4.69) is 18.7 Å². The van der Waals surface area contributed by atoms with Gasteiger partial charge in [-0.25, -0.2) is 4.39 Å². The van der Waals surface area contributed by atoms with E-state index in [0.29, 0.717) is 11.6 Å². The highest BCUT2D eigenvalue weighted by Gasteiger charge is 2.13. The van der Waals surface area contributed by atoms with Crippen LogP contribution in [0.2, 0.25) is 0 Å². The van der Waals surface area contributed by atoms with Crippen molar-refractivity contribution in [2.24, 2.45) is 5.92 Å². The van der Waals surface area contributed by atoms with Crippen LogP contribution in [0.25, 0.3) is 0 Å². The quantitative estimate of drug-likeness (QED) is 0.806. The molecular weight excluding hydrogens is 251 g/mol. The van der Waals surface area contributed by atoms with E-state index in [1.54, 1.807) is 6.07 Å². The second-order valence-electron chi connectivity index (χ2n) is 5.37. The van der Waals surface area contributed by atoms with Crippen LogP contribution in [-0.4, -0.2) is 6.54 Å². The lowest BCUT2D eigenvalue weighted by molar-refractivity contribution is 0.590. The zero-order valence-corrected chi connectivity index (χ0v) is 12.0. The fraction of sp³-hybridized carbons (Fsp3) is 0.294. The standard InChI is InChI=1S/C17H21FN2/c1-13(2)10-11-20(15-6-4-3-5-7-15)17-12-14(18)8-9-16(17)19/h3-9,12-13H,10-11,19H2,1-2H3. The molecule has 0 unspecified atom stereocenters. The van der Waals surface area contributed by atoms with E-state index in [-0.39, 0.29) is 5.82 Å². The number of benzene rings is 2. The van der Waals surface area contributed by atoms with Crippen LogP contribution in [0.5, 0.6) is 0 Å². The lowest BCUT2D eigenvalue weighted by Crippen LogP contribution is -2.21. The monoisotopic (exact) mass is 272 g/mol. The molecule has 0 bridgehead atoms. The molecule has 0 fully saturated rings. The second kappa shape index (κ2) is 6.42. The molecule has 0 atom stereocenters. The second-order valence-corrected chi connectivity index (χ2v) is 5.37. The van der Waals surface area contributed by atoms with Crippen molar-refractivity contribution < 1.29 is 4.39 Å². The predicted molar refractivity (Wildman–Crippen MR) is 83.7 cm³/mol. The van der Waals surface area contributed by atoms with Gasteiger partial charge < -0.3 is 10.6 Å². The van der Waals surface area contributed by atoms with Crippen LogP contribution >= 0.6 is 0 Å². The van der Waals surface area contributed by atoms with Crippen molar-refractivity contribution in [2.45, 2.75) is 20.3 Å². The summed E-state index contributed by atoms with van der Waals surface area (Å²) in [5.74, 6) is 0.315. The van der Waals surface area contributed by atoms with Gasteiger partial charge in [0.1, 0.15) is 5.82 Å². The number of hydrogen-bond acceptors (Lipinski definition) is 2. The largest absolute Gasteiger partial charge is 0.397 e. The molecule has 0 amide bonds. The average molecular weight is 272 g/mol. The molecule has 20 heavy (non-hydrogen) atoms. The molecule has 0 aromatic heterocycles. The minimum atomic E-state index is -0.264. The summed E-state index contributed by atoms with van der Waals surface area (Å²) in [6, 6.07) is 14.5. The van der Waals surface area contributed by atoms with Crippen molar-refractivity contribution in [3.05, 3.63) is 54.3 Å². The molecule has 2 aromatic rings. The number of halogens is 1. The summed E-state index contributed by atoms with van der Waals surface area (Å²) in [5, 5.41) is 0. The van der Waals surface area contributed by atoms with Crippen molar-refractivity contribution in [1.29, 1.82) is 0 Å². The first-order chi connectivity index (χ1) is 9.58. The minimum absolute atomic E-state index is 0.264. The van der Waals surface area contributed by atoms with Crippen molar-refractivity contribution in [3.8, 4) is 0 Å². The number of nitrogen functional groups attached to an aromatic ring is 1. The van der Waals surface area contributed by atoms with Crippen molar-refractivity contribution in [1.82, 2.24) is 0 Å². The minimum Gasteiger partial charge on any atom is -0.397 e. The van der Waals surface area contributed by atoms with Gasteiger partial charge in [-0.1, -0.05) is 32.0 Å². The smallest absolute Gasteiger partial charge is 0.125 e. The van der Waals surface area contributed by atoms with E-state index < -0.39 is 0 Å². The molecule has 3 heteroatoms. The Kier molecular flexibility index (Phi) is 4.61. The van der Waals surface area contributed by atoms with E-state index in [4.69, 9.17) is 5.73 Å². The maximum atomic E-state index is 13.5. The normalized spacial score (nSPS) is 10.8. The van der Waals surface area contributed by atoms with Crippen LogP contribution in [0.1, 0.15) is 20.3 Å². The Morgan fingerprint density at radius 3 is 2.45 bits per heavy atom. The molecule has 0 saturated heterocycles. The maximum absolute atomic E-state index is 13.5. The van der Waals surface area contributed by atoms with Gasteiger partial charge in [0.15, 0.2) is 0 Å². The third kappa shape index (κ3) is 3.50. The van der Waals surface area contributed by atoms with E-state index in [0.717, 1.165) is 24.3 Å². The lowest BCUT2D eigenvalue weighted by Gasteiger charge is -2.27. The summed E-state index contributed by atoms with van der Waals surface area (Å²) in [6.07, 6.45) is 1.02. The number of para-hydroxylation sites is 1. The molecule has 0 radical (unpaired) electrons. The van der Waals surface area contributed by atoms with Crippen LogP contribution in [0.3, 0.4) is 0 Å². The fourth-order valence-corrected chi connectivity index (χ4v) is 2.13. The SMILES string of the molecule is CC(C)CCN(c1ccccc1)c1cc(F)ccc1N. The Morgan fingerprint density at radius 2 is 1.80 bits per heavy atom. The van der Waals surface area contributed by atoms with Crippen molar-refractivity contribution in [3.63, 3.8) is 0 Å². The number of nitrogens with two attached hydrogens (primary N) is 1. The summed E-state index contributed by atoms with van der Waals surface area (Å²) in [6.45, 7) is 5.17. The zero-order chi connectivity index (χ0) is 14.5. The molecule has 2 nitrogen and oxygen atoms in total. The highest BCUT2D eigenvalue weighted by atomic mass is 19.1. The Balaban J connectivity index is 2.38. The molecule has 2 aromatic carbocycles.